The van der Waals surface area contributed by atoms with Crippen molar-refractivity contribution in [3.63, 3.8) is 0 Å². The van der Waals surface area contributed by atoms with Gasteiger partial charge >= 0.3 is 0 Å². The van der Waals surface area contributed by atoms with Gasteiger partial charge in [0.1, 0.15) is 0 Å². The minimum Gasteiger partial charge on any atom is -0.343 e. The van der Waals surface area contributed by atoms with Crippen LogP contribution in [0, 0.1) is 29.5 Å². The van der Waals surface area contributed by atoms with Crippen molar-refractivity contribution in [1.82, 2.24) is 9.47 Å². The van der Waals surface area contributed by atoms with Crippen molar-refractivity contribution < 1.29 is 22.8 Å². The van der Waals surface area contributed by atoms with Gasteiger partial charge in [-0.15, -0.1) is 23.4 Å². The molecule has 174 valence electrons. The van der Waals surface area contributed by atoms with E-state index in [1.54, 1.807) is 11.8 Å². The van der Waals surface area contributed by atoms with Crippen LogP contribution in [0.25, 0.3) is 0 Å². The highest BCUT2D eigenvalue weighted by Crippen LogP contribution is 2.41. The van der Waals surface area contributed by atoms with Crippen LogP contribution in [0.4, 0.5) is 18.9 Å². The van der Waals surface area contributed by atoms with Crippen molar-refractivity contribution in [2.24, 2.45) is 11.8 Å². The summed E-state index contributed by atoms with van der Waals surface area (Å²) in [7, 11) is 0. The van der Waals surface area contributed by atoms with Crippen LogP contribution in [0.15, 0.2) is 17.1 Å². The Bertz CT molecular complexity index is 986. The smallest absolute Gasteiger partial charge is 0.286 e. The van der Waals surface area contributed by atoms with Gasteiger partial charge in [-0.2, -0.15) is 0 Å². The molecule has 3 atom stereocenters. The van der Waals surface area contributed by atoms with E-state index >= 15 is 0 Å². The highest BCUT2D eigenvalue weighted by molar-refractivity contribution is 8.02. The predicted octanol–water partition coefficient (Wildman–Crippen LogP) is 3.14. The summed E-state index contributed by atoms with van der Waals surface area (Å²) in [4.78, 5) is 37.4. The maximum Gasteiger partial charge on any atom is 0.286 e. The first-order valence-electron chi connectivity index (χ1n) is 10.2. The third-order valence-corrected chi connectivity index (χ3v) is 7.37. The fourth-order valence-corrected chi connectivity index (χ4v) is 5.40. The molecule has 2 amide bonds. The molecular weight excluding hydrogens is 467 g/mol. The van der Waals surface area contributed by atoms with E-state index in [0.29, 0.717) is 24.1 Å². The van der Waals surface area contributed by atoms with Crippen LogP contribution in [0.2, 0.25) is 0 Å². The molecule has 3 rings (SSSR count). The second kappa shape index (κ2) is 10.7. The summed E-state index contributed by atoms with van der Waals surface area (Å²) in [5.74, 6) is 4.73. The lowest BCUT2D eigenvalue weighted by atomic mass is 9.96. The average molecular weight is 490 g/mol. The summed E-state index contributed by atoms with van der Waals surface area (Å²) in [5, 5.41) is 1.93. The standard InChI is InChI=1S/C21H23ClF3N3O3S/c1-12(29)27-6-4-13(5-7-27)2-3-14-8-17(32-19(14)22)20(30)26-15-9-16(23)21(31)28(10-15)11-18(24)25/h9-10,13-14,17-19H,4-8,11H2,1H3,(H,26,30). The maximum atomic E-state index is 13.8. The number of likely N-dealkylation sites (tertiary alicyclic amines) is 1. The number of anilines is 1. The Morgan fingerprint density at radius 1 is 1.31 bits per heavy atom. The summed E-state index contributed by atoms with van der Waals surface area (Å²) in [6, 6.07) is 0.810. The number of thioether (sulfide) groups is 1. The van der Waals surface area contributed by atoms with Gasteiger partial charge in [0.25, 0.3) is 12.0 Å². The van der Waals surface area contributed by atoms with Crippen molar-refractivity contribution in [2.45, 2.75) is 49.1 Å². The van der Waals surface area contributed by atoms with Crippen LogP contribution in [0.3, 0.4) is 0 Å². The number of carbonyl (C=O) groups excluding carboxylic acids is 2. The second-order valence-electron chi connectivity index (χ2n) is 7.80. The Labute approximate surface area is 192 Å². The van der Waals surface area contributed by atoms with Crippen molar-refractivity contribution in [3.8, 4) is 11.8 Å². The van der Waals surface area contributed by atoms with Crippen LogP contribution in [-0.2, 0) is 16.1 Å². The number of nitrogens with zero attached hydrogens (tertiary/aromatic N) is 2. The number of piperidine rings is 1. The molecule has 1 N–H and O–H groups in total. The van der Waals surface area contributed by atoms with Crippen LogP contribution < -0.4 is 10.9 Å². The molecule has 11 heteroatoms. The van der Waals surface area contributed by atoms with Gasteiger partial charge in [0, 0.05) is 44.1 Å². The van der Waals surface area contributed by atoms with E-state index in [0.717, 1.165) is 25.1 Å². The Kier molecular flexibility index (Phi) is 8.17. The Hall–Kier alpha value is -2.12. The van der Waals surface area contributed by atoms with E-state index in [4.69, 9.17) is 11.6 Å². The van der Waals surface area contributed by atoms with E-state index < -0.39 is 40.2 Å². The SMILES string of the molecule is CC(=O)N1CCC(C#CC2CC(C(=O)Nc3cc(F)c(=O)n(CC(F)F)c3)SC2Cl)CC1. The molecule has 2 aliphatic rings. The molecule has 2 aliphatic heterocycles. The molecule has 6 nitrogen and oxygen atoms in total. The highest BCUT2D eigenvalue weighted by atomic mass is 35.5. The van der Waals surface area contributed by atoms with Crippen LogP contribution >= 0.6 is 23.4 Å². The van der Waals surface area contributed by atoms with E-state index in [2.05, 4.69) is 17.2 Å². The highest BCUT2D eigenvalue weighted by Gasteiger charge is 2.37. The molecule has 0 saturated carbocycles. The summed E-state index contributed by atoms with van der Waals surface area (Å²) in [6.45, 7) is 1.93. The summed E-state index contributed by atoms with van der Waals surface area (Å²) < 4.78 is 39.1. The normalized spacial score (nSPS) is 23.7. The molecule has 3 unspecified atom stereocenters. The van der Waals surface area contributed by atoms with Gasteiger partial charge in [-0.3, -0.25) is 14.4 Å². The number of nitrogens with one attached hydrogen (secondary N) is 1. The number of aromatic nitrogens is 1. The topological polar surface area (TPSA) is 71.4 Å². The fourth-order valence-electron chi connectivity index (χ4n) is 3.68. The Balaban J connectivity index is 1.59. The summed E-state index contributed by atoms with van der Waals surface area (Å²) >= 11 is 7.60. The molecule has 1 aromatic heterocycles. The Morgan fingerprint density at radius 3 is 2.62 bits per heavy atom. The van der Waals surface area contributed by atoms with Gasteiger partial charge < -0.3 is 14.8 Å². The molecule has 32 heavy (non-hydrogen) atoms. The van der Waals surface area contributed by atoms with Crippen molar-refractivity contribution in [2.75, 3.05) is 18.4 Å². The number of halogens is 4. The average Bonchev–Trinajstić information content (AvgIpc) is 3.11. The first-order valence-corrected chi connectivity index (χ1v) is 11.6. The molecule has 1 aromatic rings. The van der Waals surface area contributed by atoms with Gasteiger partial charge in [-0.25, -0.2) is 13.2 Å². The number of hydrogen-bond donors (Lipinski definition) is 1. The predicted molar refractivity (Wildman–Crippen MR) is 117 cm³/mol. The molecule has 3 heterocycles. The number of pyridine rings is 1. The lowest BCUT2D eigenvalue weighted by Gasteiger charge is -2.28. The van der Waals surface area contributed by atoms with E-state index in [9.17, 15) is 27.6 Å². The van der Waals surface area contributed by atoms with Gasteiger partial charge in [0.05, 0.1) is 22.2 Å². The van der Waals surface area contributed by atoms with Gasteiger partial charge in [-0.1, -0.05) is 11.8 Å². The molecule has 0 bridgehead atoms. The minimum atomic E-state index is -2.84. The minimum absolute atomic E-state index is 0.0581. The van der Waals surface area contributed by atoms with Gasteiger partial charge in [0.2, 0.25) is 11.8 Å². The molecule has 2 fully saturated rings. The summed E-state index contributed by atoms with van der Waals surface area (Å²) in [6.07, 6.45) is 0.141. The van der Waals surface area contributed by atoms with Crippen molar-refractivity contribution in [1.29, 1.82) is 0 Å². The molecule has 0 aromatic carbocycles. The monoisotopic (exact) mass is 489 g/mol. The first-order chi connectivity index (χ1) is 15.1. The number of alkyl halides is 3. The van der Waals surface area contributed by atoms with Crippen LogP contribution in [0.1, 0.15) is 26.2 Å². The quantitative estimate of drug-likeness (QED) is 0.521. The zero-order chi connectivity index (χ0) is 23.4. The third-order valence-electron chi connectivity index (χ3n) is 5.43. The van der Waals surface area contributed by atoms with Crippen molar-refractivity contribution in [3.05, 3.63) is 28.4 Å². The second-order valence-corrected chi connectivity index (χ2v) is 9.88. The van der Waals surface area contributed by atoms with Crippen LogP contribution in [0.5, 0.6) is 0 Å². The first kappa shape index (κ1) is 24.5. The molecule has 0 aliphatic carbocycles. The van der Waals surface area contributed by atoms with Crippen molar-refractivity contribution >= 4 is 40.9 Å². The molecule has 0 spiro atoms. The maximum absolute atomic E-state index is 13.8. The molecular formula is C21H23ClF3N3O3S. The van der Waals surface area contributed by atoms with Crippen LogP contribution in [-0.4, -0.2) is 50.8 Å². The van der Waals surface area contributed by atoms with Gasteiger partial charge in [-0.05, 0) is 19.3 Å². The number of amides is 2. The molecule has 2 saturated heterocycles. The van der Waals surface area contributed by atoms with E-state index in [1.165, 1.54) is 11.8 Å². The molecule has 0 radical (unpaired) electrons. The number of hydrogen-bond acceptors (Lipinski definition) is 4. The Morgan fingerprint density at radius 2 is 2.00 bits per heavy atom. The summed E-state index contributed by atoms with van der Waals surface area (Å²) in [5.41, 5.74) is -1.25. The van der Waals surface area contributed by atoms with E-state index in [1.807, 2.05) is 0 Å². The largest absolute Gasteiger partial charge is 0.343 e. The van der Waals surface area contributed by atoms with E-state index in [-0.39, 0.29) is 23.4 Å². The zero-order valence-corrected chi connectivity index (χ0v) is 18.9. The number of carbonyl (C=O) groups is 2. The van der Waals surface area contributed by atoms with Gasteiger partial charge in [0.15, 0.2) is 5.82 Å². The zero-order valence-electron chi connectivity index (χ0n) is 17.3. The lowest BCUT2D eigenvalue weighted by Crippen LogP contribution is -2.36. The lowest BCUT2D eigenvalue weighted by molar-refractivity contribution is -0.130. The number of rotatable bonds is 4. The fraction of sp³-hybridized carbons (Fsp3) is 0.571. The third kappa shape index (κ3) is 6.23.